The van der Waals surface area contributed by atoms with Crippen molar-refractivity contribution in [2.75, 3.05) is 12.3 Å². The van der Waals surface area contributed by atoms with E-state index in [0.717, 1.165) is 22.9 Å². The highest BCUT2D eigenvalue weighted by Crippen LogP contribution is 2.31. The van der Waals surface area contributed by atoms with Crippen LogP contribution in [0.1, 0.15) is 23.7 Å². The van der Waals surface area contributed by atoms with Crippen LogP contribution in [0.25, 0.3) is 11.3 Å². The van der Waals surface area contributed by atoms with Crippen LogP contribution in [0.3, 0.4) is 0 Å². The van der Waals surface area contributed by atoms with Crippen LogP contribution in [0.4, 0.5) is 10.5 Å². The van der Waals surface area contributed by atoms with Crippen molar-refractivity contribution < 1.29 is 14.6 Å². The molecule has 8 nitrogen and oxygen atoms in total. The third-order valence-electron chi connectivity index (χ3n) is 5.68. The molecule has 2 heterocycles. The molecule has 0 aliphatic rings. The van der Waals surface area contributed by atoms with Crippen molar-refractivity contribution in [2.24, 2.45) is 0 Å². The van der Waals surface area contributed by atoms with E-state index in [-0.39, 0.29) is 6.54 Å². The smallest absolute Gasteiger partial charge is 0.408 e. The van der Waals surface area contributed by atoms with Crippen LogP contribution >= 0.6 is 0 Å². The van der Waals surface area contributed by atoms with Gasteiger partial charge in [0.25, 0.3) is 0 Å². The second-order valence-electron chi connectivity index (χ2n) is 9.70. The van der Waals surface area contributed by atoms with Gasteiger partial charge in [0.05, 0.1) is 29.3 Å². The maximum Gasteiger partial charge on any atom is 0.408 e. The number of ether oxygens (including phenoxy) is 1. The van der Waals surface area contributed by atoms with Crippen LogP contribution in [0.15, 0.2) is 67.5 Å². The van der Waals surface area contributed by atoms with Crippen molar-refractivity contribution in [3.8, 4) is 11.3 Å². The zero-order valence-electron chi connectivity index (χ0n) is 20.7. The maximum absolute atomic E-state index is 12.2. The molecule has 2 aromatic heterocycles. The van der Waals surface area contributed by atoms with Gasteiger partial charge in [-0.15, -0.1) is 6.58 Å². The summed E-state index contributed by atoms with van der Waals surface area (Å²) in [4.78, 5) is 18.2. The molecule has 1 aromatic carbocycles. The van der Waals surface area contributed by atoms with Crippen molar-refractivity contribution >= 4 is 19.9 Å². The second kappa shape index (κ2) is 11.8. The Kier molecular flexibility index (Phi) is 8.83. The molecule has 3 aromatic rings. The Morgan fingerprint density at radius 3 is 2.69 bits per heavy atom. The summed E-state index contributed by atoms with van der Waals surface area (Å²) in [6.07, 6.45) is 4.40. The molecular formula is C26H35N5O3Si. The van der Waals surface area contributed by atoms with Crippen molar-refractivity contribution in [2.45, 2.75) is 51.4 Å². The lowest BCUT2D eigenvalue weighted by Crippen LogP contribution is -2.33. The van der Waals surface area contributed by atoms with E-state index < -0.39 is 20.2 Å². The van der Waals surface area contributed by atoms with Gasteiger partial charge in [-0.25, -0.2) is 9.48 Å². The lowest BCUT2D eigenvalue weighted by Gasteiger charge is -2.29. The second-order valence-corrected chi connectivity index (χ2v) is 15.3. The number of hydrogen-bond donors (Lipinski definition) is 2. The van der Waals surface area contributed by atoms with Gasteiger partial charge in [0.15, 0.2) is 0 Å². The molecule has 0 spiro atoms. The average molecular weight is 494 g/mol. The molecule has 0 saturated carbocycles. The van der Waals surface area contributed by atoms with Crippen molar-refractivity contribution in [3.05, 3.63) is 78.8 Å². The fourth-order valence-corrected chi connectivity index (χ4v) is 4.53. The number of nitrogen functional groups attached to an aromatic ring is 1. The molecule has 0 aliphatic carbocycles. The van der Waals surface area contributed by atoms with Gasteiger partial charge >= 0.3 is 6.09 Å². The molecule has 0 bridgehead atoms. The number of carbonyl (C=O) groups is 1. The first-order valence-electron chi connectivity index (χ1n) is 11.7. The van der Waals surface area contributed by atoms with Gasteiger partial charge in [0.1, 0.15) is 6.73 Å². The minimum atomic E-state index is -1.19. The van der Waals surface area contributed by atoms with E-state index in [1.165, 1.54) is 4.90 Å². The predicted molar refractivity (Wildman–Crippen MR) is 142 cm³/mol. The van der Waals surface area contributed by atoms with Crippen LogP contribution in [0.5, 0.6) is 0 Å². The quantitative estimate of drug-likeness (QED) is 0.192. The van der Waals surface area contributed by atoms with E-state index in [2.05, 4.69) is 36.3 Å². The Balaban J connectivity index is 1.88. The summed E-state index contributed by atoms with van der Waals surface area (Å²) in [7, 11) is -1.19. The summed E-state index contributed by atoms with van der Waals surface area (Å²) in [5, 5.41) is 14.4. The van der Waals surface area contributed by atoms with Crippen LogP contribution in [-0.2, 0) is 18.0 Å². The van der Waals surface area contributed by atoms with Gasteiger partial charge < -0.3 is 15.6 Å². The first-order valence-corrected chi connectivity index (χ1v) is 15.4. The van der Waals surface area contributed by atoms with Crippen LogP contribution < -0.4 is 5.73 Å². The molecule has 186 valence electrons. The molecule has 0 fully saturated rings. The Labute approximate surface area is 208 Å². The highest BCUT2D eigenvalue weighted by atomic mass is 28.3. The lowest BCUT2D eigenvalue weighted by atomic mass is 10.0. The van der Waals surface area contributed by atoms with Gasteiger partial charge in [0.2, 0.25) is 0 Å². The zero-order chi connectivity index (χ0) is 25.4. The van der Waals surface area contributed by atoms with Gasteiger partial charge in [0, 0.05) is 33.0 Å². The number of nitrogens with two attached hydrogens (primary N) is 1. The van der Waals surface area contributed by atoms with E-state index in [9.17, 15) is 9.90 Å². The first-order chi connectivity index (χ1) is 16.7. The molecule has 0 aliphatic heterocycles. The standard InChI is InChI=1S/C26H35N5O3Si/c1-5-9-24(30(26(32)33)18-20-10-7-6-8-11-20)23-16-21(12-13-28-23)25-22(27)17-29-31(25)19-34-14-15-35(2,3)4/h5-8,10-13,16-17,24H,1,9,14-15,18-19,27H2,2-4H3,(H,32,33)/t24-/m0/s1. The van der Waals surface area contributed by atoms with E-state index in [4.69, 9.17) is 10.5 Å². The third-order valence-corrected chi connectivity index (χ3v) is 7.39. The number of carboxylic acid groups (broad SMARTS) is 1. The SMILES string of the molecule is C=CC[C@@H](c1cc(-c2c(N)cnn2COCC[Si](C)(C)C)ccn1)N(Cc1ccccc1)C(=O)O. The van der Waals surface area contributed by atoms with E-state index >= 15 is 0 Å². The Bertz CT molecular complexity index is 1130. The summed E-state index contributed by atoms with van der Waals surface area (Å²) in [6, 6.07) is 13.8. The minimum Gasteiger partial charge on any atom is -0.465 e. The molecule has 35 heavy (non-hydrogen) atoms. The summed E-state index contributed by atoms with van der Waals surface area (Å²) < 4.78 is 7.62. The van der Waals surface area contributed by atoms with Gasteiger partial charge in [-0.3, -0.25) is 9.88 Å². The highest BCUT2D eigenvalue weighted by molar-refractivity contribution is 6.76. The number of amides is 1. The fraction of sp³-hybridized carbons (Fsp3) is 0.346. The fourth-order valence-electron chi connectivity index (χ4n) is 3.78. The summed E-state index contributed by atoms with van der Waals surface area (Å²) in [5.41, 5.74) is 9.84. The number of anilines is 1. The normalized spacial score (nSPS) is 12.3. The van der Waals surface area contributed by atoms with Gasteiger partial charge in [-0.1, -0.05) is 56.0 Å². The molecule has 3 N–H and O–H groups in total. The molecule has 0 unspecified atom stereocenters. The van der Waals surface area contributed by atoms with Gasteiger partial charge in [-0.05, 0) is 30.2 Å². The summed E-state index contributed by atoms with van der Waals surface area (Å²) in [6.45, 7) is 12.0. The zero-order valence-corrected chi connectivity index (χ0v) is 21.7. The predicted octanol–water partition coefficient (Wildman–Crippen LogP) is 5.64. The maximum atomic E-state index is 12.2. The first kappa shape index (κ1) is 26.2. The van der Waals surface area contributed by atoms with Crippen molar-refractivity contribution in [1.82, 2.24) is 19.7 Å². The number of nitrogens with zero attached hydrogens (tertiary/aromatic N) is 4. The van der Waals surface area contributed by atoms with Crippen molar-refractivity contribution in [1.29, 1.82) is 0 Å². The lowest BCUT2D eigenvalue weighted by molar-refractivity contribution is 0.0798. The Morgan fingerprint density at radius 2 is 2.03 bits per heavy atom. The third kappa shape index (κ3) is 7.27. The van der Waals surface area contributed by atoms with E-state index in [0.29, 0.717) is 31.1 Å². The molecular weight excluding hydrogens is 458 g/mol. The van der Waals surface area contributed by atoms with Crippen LogP contribution in [0.2, 0.25) is 25.7 Å². The number of pyridine rings is 1. The number of hydrogen-bond acceptors (Lipinski definition) is 5. The largest absolute Gasteiger partial charge is 0.465 e. The topological polar surface area (TPSA) is 106 Å². The number of benzene rings is 1. The monoisotopic (exact) mass is 493 g/mol. The highest BCUT2D eigenvalue weighted by Gasteiger charge is 2.26. The molecule has 0 saturated heterocycles. The Hall–Kier alpha value is -3.43. The number of aromatic nitrogens is 3. The minimum absolute atomic E-state index is 0.242. The molecule has 0 radical (unpaired) electrons. The molecule has 3 rings (SSSR count). The summed E-state index contributed by atoms with van der Waals surface area (Å²) >= 11 is 0. The molecule has 9 heteroatoms. The van der Waals surface area contributed by atoms with Gasteiger partial charge in [-0.2, -0.15) is 5.10 Å². The number of rotatable bonds is 12. The van der Waals surface area contributed by atoms with Crippen molar-refractivity contribution in [3.63, 3.8) is 0 Å². The van der Waals surface area contributed by atoms with Crippen LogP contribution in [0, 0.1) is 0 Å². The molecule has 1 atom stereocenters. The summed E-state index contributed by atoms with van der Waals surface area (Å²) in [5.74, 6) is 0. The Morgan fingerprint density at radius 1 is 1.29 bits per heavy atom. The van der Waals surface area contributed by atoms with Crippen LogP contribution in [-0.4, -0.2) is 45.5 Å². The van der Waals surface area contributed by atoms with E-state index in [1.807, 2.05) is 42.5 Å². The van der Waals surface area contributed by atoms with E-state index in [1.54, 1.807) is 23.2 Å². The molecule has 1 amide bonds. The average Bonchev–Trinajstić information content (AvgIpc) is 3.19.